The van der Waals surface area contributed by atoms with Gasteiger partial charge in [-0.05, 0) is 37.0 Å². The lowest BCUT2D eigenvalue weighted by atomic mass is 9.92. The van der Waals surface area contributed by atoms with Crippen LogP contribution in [0.25, 0.3) is 0 Å². The van der Waals surface area contributed by atoms with Gasteiger partial charge in [-0.25, -0.2) is 5.10 Å². The molecule has 19 heavy (non-hydrogen) atoms. The highest BCUT2D eigenvalue weighted by Crippen LogP contribution is 2.18. The molecule has 1 unspecified atom stereocenters. The molecule has 0 saturated heterocycles. The highest BCUT2D eigenvalue weighted by Gasteiger charge is 2.22. The molecular weight excluding hydrogens is 246 g/mol. The molecule has 2 N–H and O–H groups in total. The predicted molar refractivity (Wildman–Crippen MR) is 66.8 cm³/mol. The topological polar surface area (TPSA) is 88.0 Å². The van der Waals surface area contributed by atoms with Crippen molar-refractivity contribution < 1.29 is 9.21 Å². The first-order valence-corrected chi connectivity index (χ1v) is 6.14. The van der Waals surface area contributed by atoms with Crippen LogP contribution in [0.2, 0.25) is 0 Å². The van der Waals surface area contributed by atoms with Crippen molar-refractivity contribution in [1.29, 1.82) is 0 Å². The molecular formula is C13H13N3O3. The minimum atomic E-state index is -0.226. The van der Waals surface area contributed by atoms with Crippen molar-refractivity contribution in [3.63, 3.8) is 0 Å². The lowest BCUT2D eigenvalue weighted by molar-refractivity contribution is 0.0905. The quantitative estimate of drug-likeness (QED) is 0.828. The number of H-pyrrole nitrogens is 1. The molecule has 6 heteroatoms. The molecule has 2 aromatic heterocycles. The molecule has 6 nitrogen and oxygen atoms in total. The first kappa shape index (κ1) is 11.7. The normalized spacial score (nSPS) is 17.8. The molecule has 1 aliphatic carbocycles. The van der Waals surface area contributed by atoms with Gasteiger partial charge in [-0.3, -0.25) is 9.59 Å². The second kappa shape index (κ2) is 4.72. The zero-order chi connectivity index (χ0) is 13.2. The van der Waals surface area contributed by atoms with Crippen LogP contribution < -0.4 is 10.9 Å². The number of carbonyl (C=O) groups excluding carboxylic acids is 1. The standard InChI is InChI=1S/C13H13N3O3/c17-12-7-8-6-9(3-4-10(8)15-16-12)14-13(18)11-2-1-5-19-11/h1-2,5,7,9H,3-4,6H2,(H,14,18)(H,16,17). The summed E-state index contributed by atoms with van der Waals surface area (Å²) in [5, 5.41) is 9.35. The van der Waals surface area contributed by atoms with E-state index in [1.165, 1.54) is 6.26 Å². The van der Waals surface area contributed by atoms with Crippen molar-refractivity contribution in [2.45, 2.75) is 25.3 Å². The van der Waals surface area contributed by atoms with Crippen LogP contribution in [-0.4, -0.2) is 22.1 Å². The number of aryl methyl sites for hydroxylation is 1. The molecule has 0 aliphatic heterocycles. The highest BCUT2D eigenvalue weighted by atomic mass is 16.3. The van der Waals surface area contributed by atoms with Crippen LogP contribution in [-0.2, 0) is 12.8 Å². The van der Waals surface area contributed by atoms with Crippen LogP contribution in [0.4, 0.5) is 0 Å². The second-order valence-electron chi connectivity index (χ2n) is 4.59. The van der Waals surface area contributed by atoms with Crippen molar-refractivity contribution in [3.8, 4) is 0 Å². The Morgan fingerprint density at radius 1 is 1.53 bits per heavy atom. The number of amides is 1. The SMILES string of the molecule is O=C(NC1CCc2n[nH]c(=O)cc2C1)c1ccco1. The molecule has 2 aromatic rings. The fraction of sp³-hybridized carbons (Fsp3) is 0.308. The van der Waals surface area contributed by atoms with Crippen LogP contribution in [0.15, 0.2) is 33.7 Å². The molecule has 0 spiro atoms. The van der Waals surface area contributed by atoms with E-state index < -0.39 is 0 Å². The van der Waals surface area contributed by atoms with Gasteiger partial charge in [0, 0.05) is 12.1 Å². The van der Waals surface area contributed by atoms with Gasteiger partial charge in [0.15, 0.2) is 5.76 Å². The Morgan fingerprint density at radius 3 is 3.21 bits per heavy atom. The van der Waals surface area contributed by atoms with Crippen LogP contribution >= 0.6 is 0 Å². The van der Waals surface area contributed by atoms with Crippen molar-refractivity contribution in [3.05, 3.63) is 51.8 Å². The number of nitrogens with zero attached hydrogens (tertiary/aromatic N) is 1. The van der Waals surface area contributed by atoms with Gasteiger partial charge in [-0.2, -0.15) is 5.10 Å². The number of aromatic amines is 1. The average molecular weight is 259 g/mol. The van der Waals surface area contributed by atoms with E-state index in [0.29, 0.717) is 12.2 Å². The Bertz CT molecular complexity index is 645. The predicted octanol–water partition coefficient (Wildman–Crippen LogP) is 0.650. The van der Waals surface area contributed by atoms with Gasteiger partial charge >= 0.3 is 0 Å². The van der Waals surface area contributed by atoms with Gasteiger partial charge in [0.1, 0.15) is 0 Å². The average Bonchev–Trinajstić information content (AvgIpc) is 2.92. The number of furan rings is 1. The molecule has 0 saturated carbocycles. The van der Waals surface area contributed by atoms with E-state index in [1.54, 1.807) is 18.2 Å². The Kier molecular flexibility index (Phi) is 2.91. The highest BCUT2D eigenvalue weighted by molar-refractivity contribution is 5.91. The van der Waals surface area contributed by atoms with E-state index >= 15 is 0 Å². The summed E-state index contributed by atoms with van der Waals surface area (Å²) >= 11 is 0. The molecule has 0 fully saturated rings. The Morgan fingerprint density at radius 2 is 2.42 bits per heavy atom. The molecule has 0 bridgehead atoms. The van der Waals surface area contributed by atoms with E-state index in [0.717, 1.165) is 24.1 Å². The number of nitrogens with one attached hydrogen (secondary N) is 2. The van der Waals surface area contributed by atoms with E-state index in [1.807, 2.05) is 0 Å². The molecule has 1 atom stereocenters. The minimum absolute atomic E-state index is 0.00806. The number of fused-ring (bicyclic) bond motifs is 1. The molecule has 3 rings (SSSR count). The van der Waals surface area contributed by atoms with Crippen LogP contribution in [0, 0.1) is 0 Å². The third-order valence-electron chi connectivity index (χ3n) is 3.25. The first-order chi connectivity index (χ1) is 9.22. The van der Waals surface area contributed by atoms with Crippen LogP contribution in [0.3, 0.4) is 0 Å². The van der Waals surface area contributed by atoms with Crippen molar-refractivity contribution in [1.82, 2.24) is 15.5 Å². The Hall–Kier alpha value is -2.37. The monoisotopic (exact) mass is 259 g/mol. The maximum Gasteiger partial charge on any atom is 0.287 e. The molecule has 98 valence electrons. The summed E-state index contributed by atoms with van der Waals surface area (Å²) in [6.07, 6.45) is 3.64. The lowest BCUT2D eigenvalue weighted by Gasteiger charge is -2.23. The van der Waals surface area contributed by atoms with Gasteiger partial charge in [-0.15, -0.1) is 0 Å². The van der Waals surface area contributed by atoms with E-state index in [-0.39, 0.29) is 17.5 Å². The molecule has 2 heterocycles. The van der Waals surface area contributed by atoms with Crippen molar-refractivity contribution >= 4 is 5.91 Å². The first-order valence-electron chi connectivity index (χ1n) is 6.14. The van der Waals surface area contributed by atoms with E-state index in [2.05, 4.69) is 15.5 Å². The summed E-state index contributed by atoms with van der Waals surface area (Å²) in [5.74, 6) is 0.0751. The minimum Gasteiger partial charge on any atom is -0.459 e. The molecule has 1 amide bonds. The summed E-state index contributed by atoms with van der Waals surface area (Å²) in [7, 11) is 0. The second-order valence-corrected chi connectivity index (χ2v) is 4.59. The summed E-state index contributed by atoms with van der Waals surface area (Å²) in [4.78, 5) is 23.1. The lowest BCUT2D eigenvalue weighted by Crippen LogP contribution is -2.39. The number of rotatable bonds is 2. The zero-order valence-electron chi connectivity index (χ0n) is 10.2. The maximum atomic E-state index is 11.9. The molecule has 1 aliphatic rings. The van der Waals surface area contributed by atoms with E-state index in [9.17, 15) is 9.59 Å². The van der Waals surface area contributed by atoms with Gasteiger partial charge in [0.2, 0.25) is 0 Å². The van der Waals surface area contributed by atoms with Crippen LogP contribution in [0.1, 0.15) is 28.2 Å². The smallest absolute Gasteiger partial charge is 0.287 e. The molecule has 0 radical (unpaired) electrons. The summed E-state index contributed by atoms with van der Waals surface area (Å²) in [6.45, 7) is 0. The molecule has 0 aromatic carbocycles. The van der Waals surface area contributed by atoms with Crippen molar-refractivity contribution in [2.24, 2.45) is 0 Å². The third kappa shape index (κ3) is 2.42. The van der Waals surface area contributed by atoms with Crippen molar-refractivity contribution in [2.75, 3.05) is 0 Å². The fourth-order valence-corrected chi connectivity index (χ4v) is 2.33. The summed E-state index contributed by atoms with van der Waals surface area (Å²) < 4.78 is 5.05. The van der Waals surface area contributed by atoms with Gasteiger partial charge in [0.05, 0.1) is 12.0 Å². The third-order valence-corrected chi connectivity index (χ3v) is 3.25. The van der Waals surface area contributed by atoms with E-state index in [4.69, 9.17) is 4.42 Å². The van der Waals surface area contributed by atoms with Crippen LogP contribution in [0.5, 0.6) is 0 Å². The summed E-state index contributed by atoms with van der Waals surface area (Å²) in [6, 6.07) is 4.86. The largest absolute Gasteiger partial charge is 0.459 e. The number of carbonyl (C=O) groups is 1. The Labute approximate surface area is 108 Å². The summed E-state index contributed by atoms with van der Waals surface area (Å²) in [5.41, 5.74) is 1.60. The van der Waals surface area contributed by atoms with Gasteiger partial charge in [0.25, 0.3) is 11.5 Å². The number of hydrogen-bond donors (Lipinski definition) is 2. The fourth-order valence-electron chi connectivity index (χ4n) is 2.33. The van der Waals surface area contributed by atoms with Gasteiger partial charge < -0.3 is 9.73 Å². The maximum absolute atomic E-state index is 11.9. The Balaban J connectivity index is 1.72. The number of aromatic nitrogens is 2. The zero-order valence-corrected chi connectivity index (χ0v) is 10.2. The van der Waals surface area contributed by atoms with Gasteiger partial charge in [-0.1, -0.05) is 0 Å². The number of hydrogen-bond acceptors (Lipinski definition) is 4.